The Morgan fingerprint density at radius 3 is 2.40 bits per heavy atom. The van der Waals surface area contributed by atoms with Crippen molar-refractivity contribution in [3.8, 4) is 11.3 Å². The molecule has 0 saturated heterocycles. The summed E-state index contributed by atoms with van der Waals surface area (Å²) in [5.41, 5.74) is 2.65. The zero-order chi connectivity index (χ0) is 24.4. The normalized spacial score (nSPS) is 13.2. The van der Waals surface area contributed by atoms with Crippen LogP contribution in [0.25, 0.3) is 11.3 Å². The number of aromatic nitrogens is 2. The Bertz CT molecular complexity index is 1460. The van der Waals surface area contributed by atoms with Crippen molar-refractivity contribution < 1.29 is 17.6 Å². The topological polar surface area (TPSA) is 93.1 Å². The largest absolute Gasteiger partial charge is 0.334 e. The van der Waals surface area contributed by atoms with Gasteiger partial charge in [0.25, 0.3) is 15.9 Å². The number of carbonyl (C=O) groups excluding carboxylic acids is 1. The number of hydrogen-bond donors (Lipinski definition) is 2. The summed E-state index contributed by atoms with van der Waals surface area (Å²) in [6.45, 7) is 0.996. The molecule has 2 heterocycles. The van der Waals surface area contributed by atoms with Crippen molar-refractivity contribution in [2.75, 3.05) is 10.0 Å². The van der Waals surface area contributed by atoms with Crippen LogP contribution in [-0.4, -0.2) is 23.9 Å². The van der Waals surface area contributed by atoms with Crippen molar-refractivity contribution >= 4 is 27.3 Å². The summed E-state index contributed by atoms with van der Waals surface area (Å²) in [5.74, 6) is 0.0602. The van der Waals surface area contributed by atoms with Gasteiger partial charge < -0.3 is 9.88 Å². The van der Waals surface area contributed by atoms with E-state index in [-0.39, 0.29) is 16.5 Å². The van der Waals surface area contributed by atoms with Gasteiger partial charge in [0, 0.05) is 36.0 Å². The third-order valence-corrected chi connectivity index (χ3v) is 7.27. The maximum absolute atomic E-state index is 13.8. The van der Waals surface area contributed by atoms with Gasteiger partial charge in [0.1, 0.15) is 11.6 Å². The Hall–Kier alpha value is -3.98. The molecule has 1 aliphatic rings. The van der Waals surface area contributed by atoms with Gasteiger partial charge in [-0.05, 0) is 61.4 Å². The number of hydrogen-bond acceptors (Lipinski definition) is 4. The number of carbonyl (C=O) groups is 1. The smallest absolute Gasteiger partial charge is 0.261 e. The van der Waals surface area contributed by atoms with E-state index in [1.165, 1.54) is 55.0 Å². The molecule has 2 N–H and O–H groups in total. The van der Waals surface area contributed by atoms with E-state index in [2.05, 4.69) is 20.8 Å². The number of nitrogens with one attached hydrogen (secondary N) is 2. The summed E-state index contributed by atoms with van der Waals surface area (Å²) in [6.07, 6.45) is 5.39. The fourth-order valence-electron chi connectivity index (χ4n) is 4.01. The number of amides is 1. The van der Waals surface area contributed by atoms with Gasteiger partial charge in [0.05, 0.1) is 16.3 Å². The second-order valence-corrected chi connectivity index (χ2v) is 10.0. The van der Waals surface area contributed by atoms with Crippen LogP contribution in [0.1, 0.15) is 29.0 Å². The van der Waals surface area contributed by atoms with Crippen LogP contribution < -0.4 is 10.0 Å². The van der Waals surface area contributed by atoms with Gasteiger partial charge in [0.15, 0.2) is 0 Å². The number of aryl methyl sites for hydroxylation is 2. The van der Waals surface area contributed by atoms with E-state index < -0.39 is 15.8 Å². The van der Waals surface area contributed by atoms with Gasteiger partial charge in [-0.25, -0.2) is 17.8 Å². The lowest BCUT2D eigenvalue weighted by Crippen LogP contribution is -2.15. The third kappa shape index (κ3) is 4.95. The van der Waals surface area contributed by atoms with E-state index in [4.69, 9.17) is 4.98 Å². The number of imidazole rings is 1. The molecular formula is C26H23FN4O3S. The Labute approximate surface area is 202 Å². The maximum Gasteiger partial charge on any atom is 0.261 e. The van der Waals surface area contributed by atoms with Crippen LogP contribution in [0, 0.1) is 5.82 Å². The van der Waals surface area contributed by atoms with Crippen LogP contribution in [-0.2, 0) is 23.0 Å². The second-order valence-electron chi connectivity index (χ2n) is 8.33. The van der Waals surface area contributed by atoms with Crippen LogP contribution in [0.2, 0.25) is 0 Å². The molecule has 0 bridgehead atoms. The lowest BCUT2D eigenvalue weighted by Gasteiger charge is -2.11. The van der Waals surface area contributed by atoms with Crippen molar-refractivity contribution in [1.29, 1.82) is 0 Å². The van der Waals surface area contributed by atoms with Crippen molar-refractivity contribution in [2.24, 2.45) is 0 Å². The molecule has 35 heavy (non-hydrogen) atoms. The molecule has 178 valence electrons. The summed E-state index contributed by atoms with van der Waals surface area (Å²) in [6, 6.07) is 18.4. The average Bonchev–Trinajstić information content (AvgIpc) is 3.30. The molecule has 0 fully saturated rings. The third-order valence-electron chi connectivity index (χ3n) is 5.89. The monoisotopic (exact) mass is 490 g/mol. The maximum atomic E-state index is 13.8. The van der Waals surface area contributed by atoms with Gasteiger partial charge in [-0.1, -0.05) is 24.3 Å². The minimum absolute atomic E-state index is 0.0792. The van der Waals surface area contributed by atoms with Crippen molar-refractivity contribution in [3.63, 3.8) is 0 Å². The highest BCUT2D eigenvalue weighted by Crippen LogP contribution is 2.24. The molecule has 0 radical (unpaired) electrons. The fourth-order valence-corrected chi connectivity index (χ4v) is 5.08. The standard InChI is InChI=1S/C26H23FN4O3S/c27-22-5-1-2-6-23(22)30-35(33,34)21-14-10-19(11-15-21)26(32)28-20-12-8-18(9-13-20)24-17-31-16-4-3-7-25(31)29-24/h1-2,5-6,8-15,17,30H,3-4,7,16H2,(H,28,32). The molecule has 1 amide bonds. The lowest BCUT2D eigenvalue weighted by atomic mass is 10.1. The van der Waals surface area contributed by atoms with Crippen molar-refractivity contribution in [2.45, 2.75) is 30.7 Å². The zero-order valence-corrected chi connectivity index (χ0v) is 19.6. The number of nitrogens with zero attached hydrogens (tertiary/aromatic N) is 2. The summed E-state index contributed by atoms with van der Waals surface area (Å²) in [5, 5.41) is 2.81. The molecule has 0 aliphatic carbocycles. The van der Waals surface area contributed by atoms with Gasteiger partial charge in [-0.3, -0.25) is 9.52 Å². The molecule has 0 atom stereocenters. The SMILES string of the molecule is O=C(Nc1ccc(-c2cn3c(n2)CCCC3)cc1)c1ccc(S(=O)(=O)Nc2ccccc2F)cc1. The van der Waals surface area contributed by atoms with Crippen LogP contribution in [0.15, 0.2) is 83.9 Å². The Morgan fingerprint density at radius 1 is 0.943 bits per heavy atom. The predicted molar refractivity (Wildman–Crippen MR) is 132 cm³/mol. The Balaban J connectivity index is 1.25. The van der Waals surface area contributed by atoms with Crippen LogP contribution in [0.3, 0.4) is 0 Å². The lowest BCUT2D eigenvalue weighted by molar-refractivity contribution is 0.102. The number of sulfonamides is 1. The first kappa shape index (κ1) is 22.8. The highest BCUT2D eigenvalue weighted by molar-refractivity contribution is 7.92. The molecular weight excluding hydrogens is 467 g/mol. The van der Waals surface area contributed by atoms with Crippen LogP contribution in [0.4, 0.5) is 15.8 Å². The Morgan fingerprint density at radius 2 is 1.69 bits per heavy atom. The van der Waals surface area contributed by atoms with Crippen molar-refractivity contribution in [3.05, 3.63) is 96.2 Å². The number of halogens is 1. The molecule has 5 rings (SSSR count). The van der Waals surface area contributed by atoms with E-state index in [1.807, 2.05) is 24.3 Å². The van der Waals surface area contributed by atoms with Gasteiger partial charge in [0.2, 0.25) is 0 Å². The molecule has 4 aromatic rings. The number of anilines is 2. The first-order valence-corrected chi connectivity index (χ1v) is 12.7. The summed E-state index contributed by atoms with van der Waals surface area (Å²) < 4.78 is 43.3. The van der Waals surface area contributed by atoms with Crippen LogP contribution >= 0.6 is 0 Å². The number of fused-ring (bicyclic) bond motifs is 1. The first-order valence-electron chi connectivity index (χ1n) is 11.2. The zero-order valence-electron chi connectivity index (χ0n) is 18.7. The van der Waals surface area contributed by atoms with E-state index >= 15 is 0 Å². The first-order chi connectivity index (χ1) is 16.9. The minimum Gasteiger partial charge on any atom is -0.334 e. The van der Waals surface area contributed by atoms with E-state index in [0.717, 1.165) is 36.5 Å². The van der Waals surface area contributed by atoms with Crippen molar-refractivity contribution in [1.82, 2.24) is 9.55 Å². The predicted octanol–water partition coefficient (Wildman–Crippen LogP) is 5.08. The van der Waals surface area contributed by atoms with E-state index in [1.54, 1.807) is 0 Å². The summed E-state index contributed by atoms with van der Waals surface area (Å²) >= 11 is 0. The van der Waals surface area contributed by atoms with E-state index in [0.29, 0.717) is 11.3 Å². The minimum atomic E-state index is -4.00. The van der Waals surface area contributed by atoms with E-state index in [9.17, 15) is 17.6 Å². The highest BCUT2D eigenvalue weighted by Gasteiger charge is 2.17. The molecule has 1 aromatic heterocycles. The molecule has 0 unspecified atom stereocenters. The number of para-hydroxylation sites is 1. The molecule has 3 aromatic carbocycles. The van der Waals surface area contributed by atoms with Gasteiger partial charge in [-0.15, -0.1) is 0 Å². The highest BCUT2D eigenvalue weighted by atomic mass is 32.2. The molecule has 1 aliphatic heterocycles. The number of benzene rings is 3. The molecule has 9 heteroatoms. The summed E-state index contributed by atoms with van der Waals surface area (Å²) in [4.78, 5) is 17.3. The average molecular weight is 491 g/mol. The quantitative estimate of drug-likeness (QED) is 0.394. The summed E-state index contributed by atoms with van der Waals surface area (Å²) in [7, 11) is -4.00. The fraction of sp³-hybridized carbons (Fsp3) is 0.154. The molecule has 0 saturated carbocycles. The molecule has 7 nitrogen and oxygen atoms in total. The van der Waals surface area contributed by atoms with Gasteiger partial charge >= 0.3 is 0 Å². The second kappa shape index (κ2) is 9.34. The van der Waals surface area contributed by atoms with Crippen LogP contribution in [0.5, 0.6) is 0 Å². The molecule has 0 spiro atoms. The Kier molecular flexibility index (Phi) is 6.08. The number of rotatable bonds is 6. The van der Waals surface area contributed by atoms with Gasteiger partial charge in [-0.2, -0.15) is 0 Å².